The monoisotopic (exact) mass is 345 g/mol. The van der Waals surface area contributed by atoms with Crippen LogP contribution < -0.4 is 10.6 Å². The molecule has 0 spiro atoms. The van der Waals surface area contributed by atoms with Gasteiger partial charge in [-0.2, -0.15) is 0 Å². The number of nitrogens with one attached hydrogen (secondary N) is 2. The number of rotatable bonds is 5. The first-order valence-corrected chi connectivity index (χ1v) is 9.63. The number of benzene rings is 1. The van der Waals surface area contributed by atoms with E-state index in [0.29, 0.717) is 18.5 Å². The molecule has 1 saturated carbocycles. The van der Waals surface area contributed by atoms with Crippen LogP contribution in [0.5, 0.6) is 0 Å². The van der Waals surface area contributed by atoms with E-state index in [4.69, 9.17) is 4.74 Å². The van der Waals surface area contributed by atoms with E-state index in [2.05, 4.69) is 40.7 Å². The highest BCUT2D eigenvalue weighted by Crippen LogP contribution is 2.23. The largest absolute Gasteiger partial charge is 0.379 e. The quantitative estimate of drug-likeness (QED) is 0.863. The fourth-order valence-electron chi connectivity index (χ4n) is 3.81. The Balaban J connectivity index is 1.51. The van der Waals surface area contributed by atoms with Crippen molar-refractivity contribution in [3.63, 3.8) is 0 Å². The second kappa shape index (κ2) is 9.20. The molecule has 1 heterocycles. The maximum Gasteiger partial charge on any atom is 0.315 e. The van der Waals surface area contributed by atoms with E-state index in [-0.39, 0.29) is 6.03 Å². The number of nitrogens with zero attached hydrogens (tertiary/aromatic N) is 1. The number of carbonyl (C=O) groups is 1. The molecule has 2 atom stereocenters. The normalized spacial score (nSPS) is 24.7. The molecule has 1 aliphatic carbocycles. The maximum absolute atomic E-state index is 12.3. The second-order valence-electron chi connectivity index (χ2n) is 7.35. The van der Waals surface area contributed by atoms with Crippen LogP contribution in [0.4, 0.5) is 4.79 Å². The van der Waals surface area contributed by atoms with Crippen LogP contribution in [0, 0.1) is 5.92 Å². The number of amides is 2. The molecule has 0 aromatic heterocycles. The molecule has 3 rings (SSSR count). The van der Waals surface area contributed by atoms with Crippen LogP contribution in [0.15, 0.2) is 24.3 Å². The van der Waals surface area contributed by atoms with Crippen molar-refractivity contribution < 1.29 is 9.53 Å². The zero-order valence-electron chi connectivity index (χ0n) is 15.3. The molecule has 2 aliphatic rings. The summed E-state index contributed by atoms with van der Waals surface area (Å²) in [6.45, 7) is 7.30. The first-order valence-electron chi connectivity index (χ1n) is 9.63. The lowest BCUT2D eigenvalue weighted by Gasteiger charge is -2.29. The maximum atomic E-state index is 12.3. The summed E-state index contributed by atoms with van der Waals surface area (Å²) in [6, 6.07) is 8.66. The molecular formula is C20H31N3O2. The molecule has 138 valence electrons. The Kier molecular flexibility index (Phi) is 6.70. The zero-order valence-corrected chi connectivity index (χ0v) is 15.3. The minimum Gasteiger partial charge on any atom is -0.379 e. The lowest BCUT2D eigenvalue weighted by Crippen LogP contribution is -2.46. The van der Waals surface area contributed by atoms with Gasteiger partial charge in [0.15, 0.2) is 0 Å². The molecule has 5 heteroatoms. The molecule has 2 N–H and O–H groups in total. The van der Waals surface area contributed by atoms with E-state index in [0.717, 1.165) is 39.3 Å². The summed E-state index contributed by atoms with van der Waals surface area (Å²) in [5, 5.41) is 6.21. The van der Waals surface area contributed by atoms with E-state index < -0.39 is 0 Å². The topological polar surface area (TPSA) is 53.6 Å². The first kappa shape index (κ1) is 18.2. The first-order chi connectivity index (χ1) is 12.2. The Morgan fingerprint density at radius 1 is 1.16 bits per heavy atom. The number of urea groups is 1. The van der Waals surface area contributed by atoms with Crippen molar-refractivity contribution in [2.45, 2.75) is 51.7 Å². The van der Waals surface area contributed by atoms with Gasteiger partial charge in [-0.1, -0.05) is 44.0 Å². The van der Waals surface area contributed by atoms with Crippen molar-refractivity contribution in [1.82, 2.24) is 15.5 Å². The van der Waals surface area contributed by atoms with Gasteiger partial charge in [-0.05, 0) is 29.9 Å². The van der Waals surface area contributed by atoms with Crippen LogP contribution in [0.25, 0.3) is 0 Å². The van der Waals surface area contributed by atoms with E-state index in [1.54, 1.807) is 0 Å². The molecule has 25 heavy (non-hydrogen) atoms. The van der Waals surface area contributed by atoms with Crippen LogP contribution in [-0.2, 0) is 17.8 Å². The predicted octanol–water partition coefficient (Wildman–Crippen LogP) is 2.90. The van der Waals surface area contributed by atoms with Gasteiger partial charge >= 0.3 is 6.03 Å². The minimum absolute atomic E-state index is 0.0417. The molecule has 1 aromatic carbocycles. The highest BCUT2D eigenvalue weighted by molar-refractivity contribution is 5.74. The SMILES string of the molecule is CC1CCCCC1NC(=O)NCc1ccccc1CN1CCOCC1. The summed E-state index contributed by atoms with van der Waals surface area (Å²) in [4.78, 5) is 14.7. The number of carbonyl (C=O) groups excluding carboxylic acids is 1. The summed E-state index contributed by atoms with van der Waals surface area (Å²) in [5.74, 6) is 0.577. The molecule has 5 nitrogen and oxygen atoms in total. The smallest absolute Gasteiger partial charge is 0.315 e. The van der Waals surface area contributed by atoms with Crippen molar-refractivity contribution >= 4 is 6.03 Å². The number of morpholine rings is 1. The van der Waals surface area contributed by atoms with Gasteiger partial charge in [0.05, 0.1) is 13.2 Å². The van der Waals surface area contributed by atoms with E-state index >= 15 is 0 Å². The Morgan fingerprint density at radius 3 is 2.64 bits per heavy atom. The molecule has 2 amide bonds. The van der Waals surface area contributed by atoms with Gasteiger partial charge < -0.3 is 15.4 Å². The van der Waals surface area contributed by atoms with Crippen molar-refractivity contribution in [1.29, 1.82) is 0 Å². The van der Waals surface area contributed by atoms with Crippen LogP contribution in [-0.4, -0.2) is 43.3 Å². The van der Waals surface area contributed by atoms with Crippen molar-refractivity contribution in [2.24, 2.45) is 5.92 Å². The summed E-state index contributed by atoms with van der Waals surface area (Å²) in [5.41, 5.74) is 2.48. The molecule has 0 bridgehead atoms. The zero-order chi connectivity index (χ0) is 17.5. The Hall–Kier alpha value is -1.59. The average Bonchev–Trinajstić information content (AvgIpc) is 2.64. The van der Waals surface area contributed by atoms with Gasteiger partial charge in [-0.3, -0.25) is 4.90 Å². The lowest BCUT2D eigenvalue weighted by atomic mass is 9.86. The van der Waals surface area contributed by atoms with E-state index in [1.807, 2.05) is 6.07 Å². The van der Waals surface area contributed by atoms with Gasteiger partial charge in [-0.25, -0.2) is 4.79 Å². The van der Waals surface area contributed by atoms with Gasteiger partial charge in [0.1, 0.15) is 0 Å². The Bertz CT molecular complexity index is 558. The summed E-state index contributed by atoms with van der Waals surface area (Å²) >= 11 is 0. The Labute approximate surface area is 151 Å². The molecule has 1 aliphatic heterocycles. The number of hydrogen-bond donors (Lipinski definition) is 2. The molecule has 1 aromatic rings. The third kappa shape index (κ3) is 5.44. The van der Waals surface area contributed by atoms with E-state index in [1.165, 1.54) is 30.4 Å². The highest BCUT2D eigenvalue weighted by atomic mass is 16.5. The lowest BCUT2D eigenvalue weighted by molar-refractivity contribution is 0.0341. The van der Waals surface area contributed by atoms with Crippen LogP contribution in [0.1, 0.15) is 43.7 Å². The molecule has 0 radical (unpaired) electrons. The molecule has 2 fully saturated rings. The van der Waals surface area contributed by atoms with Gasteiger partial charge in [0.2, 0.25) is 0 Å². The average molecular weight is 345 g/mol. The number of hydrogen-bond acceptors (Lipinski definition) is 3. The summed E-state index contributed by atoms with van der Waals surface area (Å²) in [7, 11) is 0. The third-order valence-electron chi connectivity index (χ3n) is 5.48. The van der Waals surface area contributed by atoms with E-state index in [9.17, 15) is 4.79 Å². The highest BCUT2D eigenvalue weighted by Gasteiger charge is 2.22. The molecular weight excluding hydrogens is 314 g/mol. The minimum atomic E-state index is -0.0417. The third-order valence-corrected chi connectivity index (χ3v) is 5.48. The van der Waals surface area contributed by atoms with Gasteiger partial charge in [0.25, 0.3) is 0 Å². The molecule has 2 unspecified atom stereocenters. The standard InChI is InChI=1S/C20H31N3O2/c1-16-6-2-5-9-19(16)22-20(24)21-14-17-7-3-4-8-18(17)15-23-10-12-25-13-11-23/h3-4,7-8,16,19H,2,5-6,9-15H2,1H3,(H2,21,22,24). The van der Waals surface area contributed by atoms with Gasteiger partial charge in [0, 0.05) is 32.2 Å². The van der Waals surface area contributed by atoms with Crippen molar-refractivity contribution in [3.05, 3.63) is 35.4 Å². The van der Waals surface area contributed by atoms with Crippen molar-refractivity contribution in [2.75, 3.05) is 26.3 Å². The van der Waals surface area contributed by atoms with Crippen LogP contribution >= 0.6 is 0 Å². The number of ether oxygens (including phenoxy) is 1. The Morgan fingerprint density at radius 2 is 1.88 bits per heavy atom. The summed E-state index contributed by atoms with van der Waals surface area (Å²) < 4.78 is 5.42. The van der Waals surface area contributed by atoms with Crippen LogP contribution in [0.3, 0.4) is 0 Å². The second-order valence-corrected chi connectivity index (χ2v) is 7.35. The summed E-state index contributed by atoms with van der Waals surface area (Å²) in [6.07, 6.45) is 4.82. The van der Waals surface area contributed by atoms with Gasteiger partial charge in [-0.15, -0.1) is 0 Å². The van der Waals surface area contributed by atoms with Crippen molar-refractivity contribution in [3.8, 4) is 0 Å². The fourth-order valence-corrected chi connectivity index (χ4v) is 3.81. The molecule has 1 saturated heterocycles. The predicted molar refractivity (Wildman–Crippen MR) is 99.3 cm³/mol. The van der Waals surface area contributed by atoms with Crippen LogP contribution in [0.2, 0.25) is 0 Å². The fraction of sp³-hybridized carbons (Fsp3) is 0.650.